The number of hydrogen-bond donors (Lipinski definition) is 2. The highest BCUT2D eigenvalue weighted by Gasteiger charge is 2.28. The van der Waals surface area contributed by atoms with E-state index in [4.69, 9.17) is 25.3 Å². The zero-order chi connectivity index (χ0) is 46.1. The molecule has 0 aliphatic rings. The van der Waals surface area contributed by atoms with Crippen LogP contribution >= 0.6 is 0 Å². The quantitative estimate of drug-likeness (QED) is 0.0901. The maximum Gasteiger partial charge on any atom is 0.425 e. The second-order valence-electron chi connectivity index (χ2n) is 14.4. The Bertz CT molecular complexity index is 4170. The van der Waals surface area contributed by atoms with E-state index in [0.717, 1.165) is 55.0 Å². The Morgan fingerprint density at radius 2 is 1.11 bits per heavy atom. The molecule has 11 aromatic rings. The van der Waals surface area contributed by atoms with E-state index in [1.165, 1.54) is 18.2 Å². The third kappa shape index (κ3) is 7.96. The molecule has 0 spiro atoms. The Morgan fingerprint density at radius 1 is 0.538 bits per heavy atom. The Labute approximate surface area is 368 Å². The lowest BCUT2D eigenvalue weighted by Gasteiger charge is -2.05. The zero-order valence-electron chi connectivity index (χ0n) is 33.0. The fourth-order valence-corrected chi connectivity index (χ4v) is 8.87. The summed E-state index contributed by atoms with van der Waals surface area (Å²) in [5.41, 5.74) is 8.90. The summed E-state index contributed by atoms with van der Waals surface area (Å²) >= 11 is 0. The second kappa shape index (κ2) is 15.8. The first-order chi connectivity index (χ1) is 30.9. The average molecular weight is 953 g/mol. The number of azo groups is 1. The van der Waals surface area contributed by atoms with Crippen LogP contribution in [0.3, 0.4) is 0 Å². The largest absolute Gasteiger partial charge is 0.425 e. The molecule has 0 bridgehead atoms. The maximum absolute atomic E-state index is 12.5. The van der Waals surface area contributed by atoms with Gasteiger partial charge in [0.15, 0.2) is 0 Å². The molecule has 0 saturated carbocycles. The van der Waals surface area contributed by atoms with Gasteiger partial charge < -0.3 is 0 Å². The Hall–Kier alpha value is -7.74. The molecule has 4 heterocycles. The molecular weight excluding hydrogens is 925 g/mol. The smallest absolute Gasteiger partial charge is 0.282 e. The minimum atomic E-state index is -4.53. The molecule has 2 N–H and O–H groups in total. The highest BCUT2D eigenvalue weighted by Crippen LogP contribution is 2.36. The van der Waals surface area contributed by atoms with E-state index >= 15 is 0 Å². The first-order valence-corrected chi connectivity index (χ1v) is 23.6. The molecule has 65 heavy (non-hydrogen) atoms. The lowest BCUT2D eigenvalue weighted by atomic mass is 10.1. The third-order valence-corrected chi connectivity index (χ3v) is 12.3. The molecular formula is C41H28N8O12S4. The first-order valence-electron chi connectivity index (χ1n) is 18.7. The second-order valence-corrected chi connectivity index (χ2v) is 18.0. The molecule has 24 heteroatoms. The van der Waals surface area contributed by atoms with E-state index in [9.17, 15) is 25.9 Å². The van der Waals surface area contributed by atoms with Crippen LogP contribution in [0, 0.1) is 6.92 Å². The topological polar surface area (TPSA) is 263 Å². The van der Waals surface area contributed by atoms with E-state index in [0.29, 0.717) is 28.0 Å². The van der Waals surface area contributed by atoms with Gasteiger partial charge >= 0.3 is 21.2 Å². The molecule has 0 amide bonds. The lowest BCUT2D eigenvalue weighted by molar-refractivity contribution is 0.481. The van der Waals surface area contributed by atoms with Crippen LogP contribution in [0.25, 0.3) is 67.1 Å². The van der Waals surface area contributed by atoms with Crippen LogP contribution in [-0.2, 0) is 41.5 Å². The summed E-state index contributed by atoms with van der Waals surface area (Å²) in [6, 6.07) is 38.7. The molecule has 0 fully saturated rings. The van der Waals surface area contributed by atoms with Gasteiger partial charge in [-0.3, -0.25) is 9.11 Å². The van der Waals surface area contributed by atoms with Gasteiger partial charge in [-0.1, -0.05) is 72.8 Å². The van der Waals surface area contributed by atoms with Crippen molar-refractivity contribution in [3.8, 4) is 11.4 Å². The number of fused-ring (bicyclic) bond motifs is 12. The van der Waals surface area contributed by atoms with Crippen molar-refractivity contribution >= 4 is 109 Å². The van der Waals surface area contributed by atoms with Crippen molar-refractivity contribution < 1.29 is 51.2 Å². The summed E-state index contributed by atoms with van der Waals surface area (Å²) in [5.74, 6) is 0. The summed E-state index contributed by atoms with van der Waals surface area (Å²) in [6.45, 7) is 1.96. The standard InChI is InChI=1S/C41H28N8O6S2.2O3S/c1-25-22-31(44-46-38-21-12-29-23-33(56(50,51)52)17-18-35(29)41(38)49(44)46)16-19-36(25)43-42-30-13-7-26(8-14-30)6-9-28-10-15-32(24-39(28)57(53,54)55)45-47-37-20-11-27-4-2-3-5-34(27)40(37)48(45)47;2*1-4(2)3/h2-24H,1H3,(H,50,51,52)(H,53,54,55);;. The van der Waals surface area contributed by atoms with E-state index in [2.05, 4.69) is 28.4 Å². The molecule has 0 aliphatic carbocycles. The van der Waals surface area contributed by atoms with Crippen LogP contribution in [0.15, 0.2) is 147 Å². The molecule has 11 rings (SSSR count). The van der Waals surface area contributed by atoms with Crippen molar-refractivity contribution in [2.45, 2.75) is 16.7 Å². The number of benzene rings is 7. The van der Waals surface area contributed by atoms with Crippen LogP contribution in [0.2, 0.25) is 0 Å². The number of hydrogen-bond acceptors (Lipinski definition) is 12. The van der Waals surface area contributed by atoms with Gasteiger partial charge in [0, 0.05) is 10.8 Å². The van der Waals surface area contributed by atoms with Gasteiger partial charge in [0.05, 0.1) is 27.6 Å². The fraction of sp³-hybridized carbons (Fsp3) is 0.0244. The number of aromatic nitrogens is 6. The molecule has 0 atom stereocenters. The summed E-state index contributed by atoms with van der Waals surface area (Å²) in [5, 5.41) is 12.7. The van der Waals surface area contributed by atoms with Gasteiger partial charge in [0.1, 0.15) is 27.0 Å². The average Bonchev–Trinajstić information content (AvgIpc) is 4.11. The number of rotatable bonds is 8. The molecule has 4 aromatic heterocycles. The molecule has 0 saturated heterocycles. The predicted molar refractivity (Wildman–Crippen MR) is 236 cm³/mol. The number of aryl methyl sites for hydroxylation is 1. The number of nitrogens with zero attached hydrogens (tertiary/aromatic N) is 8. The summed E-state index contributed by atoms with van der Waals surface area (Å²) in [6.07, 6.45) is 3.43. The lowest BCUT2D eigenvalue weighted by Crippen LogP contribution is -2.02. The van der Waals surface area contributed by atoms with Crippen LogP contribution in [-0.4, -0.2) is 79.3 Å². The minimum absolute atomic E-state index is 0.145. The van der Waals surface area contributed by atoms with Crippen molar-refractivity contribution in [2.24, 2.45) is 10.2 Å². The highest BCUT2D eigenvalue weighted by molar-refractivity contribution is 7.86. The Morgan fingerprint density at radius 3 is 1.71 bits per heavy atom. The normalized spacial score (nSPS) is 12.4. The minimum Gasteiger partial charge on any atom is -0.282 e. The zero-order valence-corrected chi connectivity index (χ0v) is 36.2. The maximum atomic E-state index is 12.5. The molecule has 328 valence electrons. The van der Waals surface area contributed by atoms with Gasteiger partial charge in [-0.15, -0.1) is 43.8 Å². The van der Waals surface area contributed by atoms with Crippen LogP contribution in [0.1, 0.15) is 16.7 Å². The van der Waals surface area contributed by atoms with E-state index in [-0.39, 0.29) is 9.79 Å². The van der Waals surface area contributed by atoms with E-state index < -0.39 is 41.5 Å². The predicted octanol–water partition coefficient (Wildman–Crippen LogP) is 6.84. The Kier molecular flexibility index (Phi) is 10.3. The molecule has 7 aromatic carbocycles. The van der Waals surface area contributed by atoms with Gasteiger partial charge in [-0.2, -0.15) is 36.7 Å². The van der Waals surface area contributed by atoms with E-state index in [1.807, 2.05) is 114 Å². The van der Waals surface area contributed by atoms with Crippen LogP contribution < -0.4 is 0 Å². The summed E-state index contributed by atoms with van der Waals surface area (Å²) < 4.78 is 127. The van der Waals surface area contributed by atoms with Gasteiger partial charge in [-0.25, -0.2) is 0 Å². The van der Waals surface area contributed by atoms with Gasteiger partial charge in [0.2, 0.25) is 0 Å². The van der Waals surface area contributed by atoms with Crippen molar-refractivity contribution in [2.75, 3.05) is 0 Å². The molecule has 0 radical (unpaired) electrons. The fourth-order valence-electron chi connectivity index (χ4n) is 7.65. The molecule has 0 aliphatic heterocycles. The molecule has 20 nitrogen and oxygen atoms in total. The van der Waals surface area contributed by atoms with Crippen LogP contribution in [0.4, 0.5) is 11.4 Å². The van der Waals surface area contributed by atoms with Crippen molar-refractivity contribution in [3.63, 3.8) is 0 Å². The summed E-state index contributed by atoms with van der Waals surface area (Å²) in [7, 11) is -15.1. The third-order valence-electron chi connectivity index (χ3n) is 10.5. The Balaban J connectivity index is 0.000000619. The van der Waals surface area contributed by atoms with Crippen molar-refractivity contribution in [1.29, 1.82) is 0 Å². The monoisotopic (exact) mass is 952 g/mol. The van der Waals surface area contributed by atoms with Gasteiger partial charge in [-0.05, 0) is 101 Å². The first kappa shape index (κ1) is 42.6. The molecule has 0 unspecified atom stereocenters. The van der Waals surface area contributed by atoms with Gasteiger partial charge in [0.25, 0.3) is 20.2 Å². The highest BCUT2D eigenvalue weighted by atomic mass is 32.2. The summed E-state index contributed by atoms with van der Waals surface area (Å²) in [4.78, 5) is 3.53. The van der Waals surface area contributed by atoms with Crippen LogP contribution in [0.5, 0.6) is 0 Å². The van der Waals surface area contributed by atoms with E-state index in [1.54, 1.807) is 24.3 Å². The SMILES string of the molecule is Cc1cc(-n2n3c4ccc5cc(S(=O)(=O)O)ccc5c4n23)ccc1N=Nc1ccc(C=Cc2ccc(-n3n4c5ccc6ccccc6c5n34)cc2S(=O)(=O)O)cc1.O=S(=O)=O.O=S(=O)=O. The van der Waals surface area contributed by atoms with Crippen molar-refractivity contribution in [3.05, 3.63) is 144 Å². The van der Waals surface area contributed by atoms with Crippen molar-refractivity contribution in [1.82, 2.24) is 28.1 Å².